The van der Waals surface area contributed by atoms with E-state index in [4.69, 9.17) is 0 Å². The highest BCUT2D eigenvalue weighted by molar-refractivity contribution is 5.96. The largest absolute Gasteiger partial charge is 0.333 e. The van der Waals surface area contributed by atoms with Crippen LogP contribution in [0.25, 0.3) is 11.4 Å². The molecule has 0 fully saturated rings. The number of hydrogen-bond acceptors (Lipinski definition) is 5. The van der Waals surface area contributed by atoms with Crippen LogP contribution in [0.3, 0.4) is 0 Å². The third-order valence-corrected chi connectivity index (χ3v) is 4.59. The fourth-order valence-electron chi connectivity index (χ4n) is 3.32. The molecule has 2 aromatic heterocycles. The number of alkyl halides is 2. The van der Waals surface area contributed by atoms with E-state index in [9.17, 15) is 13.6 Å². The zero-order valence-electron chi connectivity index (χ0n) is 14.4. The lowest BCUT2D eigenvalue weighted by molar-refractivity contribution is -0.117. The van der Waals surface area contributed by atoms with E-state index in [1.165, 1.54) is 0 Å². The molecule has 2 heterocycles. The summed E-state index contributed by atoms with van der Waals surface area (Å²) in [5.41, 5.74) is 4.05. The number of halogens is 2. The van der Waals surface area contributed by atoms with Crippen LogP contribution < -0.4 is 5.32 Å². The first-order valence-corrected chi connectivity index (χ1v) is 8.50. The third kappa shape index (κ3) is 3.42. The van der Waals surface area contributed by atoms with Gasteiger partial charge in [-0.25, -0.2) is 0 Å². The number of rotatable bonds is 4. The summed E-state index contributed by atoms with van der Waals surface area (Å²) in [7, 11) is 0. The summed E-state index contributed by atoms with van der Waals surface area (Å²) in [4.78, 5) is 20.5. The molecular formula is C19H16F2N4O2. The van der Waals surface area contributed by atoms with Gasteiger partial charge in [-0.2, -0.15) is 13.8 Å². The fourth-order valence-corrected chi connectivity index (χ4v) is 3.32. The van der Waals surface area contributed by atoms with E-state index in [1.807, 2.05) is 25.1 Å². The number of fused-ring (bicyclic) bond motifs is 1. The Morgan fingerprint density at radius 1 is 1.30 bits per heavy atom. The van der Waals surface area contributed by atoms with Gasteiger partial charge in [0.05, 0.1) is 5.92 Å². The summed E-state index contributed by atoms with van der Waals surface area (Å²) in [6.07, 6.45) is 0.253. The Labute approximate surface area is 153 Å². The Bertz CT molecular complexity index is 1000. The molecule has 1 aliphatic rings. The Kier molecular flexibility index (Phi) is 4.39. The van der Waals surface area contributed by atoms with Gasteiger partial charge in [-0.1, -0.05) is 17.3 Å². The van der Waals surface area contributed by atoms with Gasteiger partial charge in [0, 0.05) is 23.1 Å². The van der Waals surface area contributed by atoms with Gasteiger partial charge in [0.2, 0.25) is 11.7 Å². The molecule has 0 radical (unpaired) electrons. The topological polar surface area (TPSA) is 80.9 Å². The van der Waals surface area contributed by atoms with Crippen molar-refractivity contribution in [1.82, 2.24) is 15.1 Å². The van der Waals surface area contributed by atoms with E-state index in [0.717, 1.165) is 23.2 Å². The van der Waals surface area contributed by atoms with Crippen molar-refractivity contribution in [3.05, 3.63) is 59.2 Å². The fraction of sp³-hybridized carbons (Fsp3) is 0.263. The van der Waals surface area contributed by atoms with E-state index in [2.05, 4.69) is 25.0 Å². The molecule has 6 nitrogen and oxygen atoms in total. The molecule has 138 valence electrons. The Morgan fingerprint density at radius 2 is 2.15 bits per heavy atom. The van der Waals surface area contributed by atoms with Crippen molar-refractivity contribution in [3.63, 3.8) is 0 Å². The molecule has 1 unspecified atom stereocenters. The number of aryl methyl sites for hydroxylation is 2. The summed E-state index contributed by atoms with van der Waals surface area (Å²) >= 11 is 0. The predicted octanol–water partition coefficient (Wildman–Crippen LogP) is 4.05. The number of carbonyl (C=O) groups is 1. The quantitative estimate of drug-likeness (QED) is 0.749. The average molecular weight is 370 g/mol. The molecule has 8 heteroatoms. The highest BCUT2D eigenvalue weighted by Crippen LogP contribution is 2.36. The minimum Gasteiger partial charge on any atom is -0.333 e. The Balaban J connectivity index is 1.54. The summed E-state index contributed by atoms with van der Waals surface area (Å²) in [6, 6.07) is 8.95. The molecule has 27 heavy (non-hydrogen) atoms. The molecule has 1 aromatic carbocycles. The Hall–Kier alpha value is -3.16. The van der Waals surface area contributed by atoms with Gasteiger partial charge in [0.1, 0.15) is 0 Å². The van der Waals surface area contributed by atoms with Crippen LogP contribution >= 0.6 is 0 Å². The first-order valence-electron chi connectivity index (χ1n) is 8.50. The Morgan fingerprint density at radius 3 is 2.89 bits per heavy atom. The van der Waals surface area contributed by atoms with Gasteiger partial charge in [0.15, 0.2) is 0 Å². The molecule has 0 bridgehead atoms. The van der Waals surface area contributed by atoms with Crippen molar-refractivity contribution in [3.8, 4) is 11.4 Å². The van der Waals surface area contributed by atoms with Crippen molar-refractivity contribution >= 4 is 11.6 Å². The average Bonchev–Trinajstić information content (AvgIpc) is 3.28. The molecular weight excluding hydrogens is 354 g/mol. The van der Waals surface area contributed by atoms with Crippen molar-refractivity contribution in [1.29, 1.82) is 0 Å². The van der Waals surface area contributed by atoms with Crippen molar-refractivity contribution in [2.24, 2.45) is 0 Å². The summed E-state index contributed by atoms with van der Waals surface area (Å²) in [6.45, 7) is 1.86. The van der Waals surface area contributed by atoms with E-state index < -0.39 is 12.3 Å². The van der Waals surface area contributed by atoms with Gasteiger partial charge in [-0.15, -0.1) is 0 Å². The number of benzene rings is 1. The molecule has 1 amide bonds. The molecule has 1 aliphatic carbocycles. The SMILES string of the molecule is Cc1cc(NC(=O)C2CCc3cc(-c4noc(C(F)F)n4)ccc32)ccn1. The molecule has 0 spiro atoms. The second-order valence-electron chi connectivity index (χ2n) is 6.44. The van der Waals surface area contributed by atoms with E-state index in [1.54, 1.807) is 18.3 Å². The van der Waals surface area contributed by atoms with Gasteiger partial charge < -0.3 is 9.84 Å². The number of nitrogens with one attached hydrogen (secondary N) is 1. The van der Waals surface area contributed by atoms with E-state index in [0.29, 0.717) is 17.7 Å². The van der Waals surface area contributed by atoms with Gasteiger partial charge >= 0.3 is 6.43 Å². The molecule has 1 atom stereocenters. The number of aromatic nitrogens is 3. The van der Waals surface area contributed by atoms with Crippen molar-refractivity contribution < 1.29 is 18.1 Å². The smallest absolute Gasteiger partial charge is 0.315 e. The second kappa shape index (κ2) is 6.86. The van der Waals surface area contributed by atoms with Crippen LogP contribution in [-0.2, 0) is 11.2 Å². The van der Waals surface area contributed by atoms with Gasteiger partial charge in [-0.05, 0) is 49.1 Å². The molecule has 0 saturated carbocycles. The van der Waals surface area contributed by atoms with E-state index in [-0.39, 0.29) is 17.6 Å². The van der Waals surface area contributed by atoms with Crippen LogP contribution in [0.15, 0.2) is 41.1 Å². The van der Waals surface area contributed by atoms with Crippen LogP contribution in [-0.4, -0.2) is 21.0 Å². The number of carbonyl (C=O) groups excluding carboxylic acids is 1. The summed E-state index contributed by atoms with van der Waals surface area (Å²) < 4.78 is 29.8. The second-order valence-corrected chi connectivity index (χ2v) is 6.44. The monoisotopic (exact) mass is 370 g/mol. The van der Waals surface area contributed by atoms with Crippen molar-refractivity contribution in [2.75, 3.05) is 5.32 Å². The number of hydrogen-bond donors (Lipinski definition) is 1. The first kappa shape index (κ1) is 17.3. The third-order valence-electron chi connectivity index (χ3n) is 4.59. The summed E-state index contributed by atoms with van der Waals surface area (Å²) in [5, 5.41) is 6.53. The molecule has 4 rings (SSSR count). The maximum absolute atomic E-state index is 12.7. The molecule has 0 aliphatic heterocycles. The van der Waals surface area contributed by atoms with Crippen molar-refractivity contribution in [2.45, 2.75) is 32.1 Å². The molecule has 1 N–H and O–H groups in total. The summed E-state index contributed by atoms with van der Waals surface area (Å²) in [5.74, 6) is -0.917. The lowest BCUT2D eigenvalue weighted by Gasteiger charge is -2.13. The normalized spacial score (nSPS) is 15.8. The predicted molar refractivity (Wildman–Crippen MR) is 93.4 cm³/mol. The maximum atomic E-state index is 12.7. The van der Waals surface area contributed by atoms with Crippen LogP contribution in [0.2, 0.25) is 0 Å². The molecule has 0 saturated heterocycles. The lowest BCUT2D eigenvalue weighted by Crippen LogP contribution is -2.19. The lowest BCUT2D eigenvalue weighted by atomic mass is 9.98. The number of nitrogens with zero attached hydrogens (tertiary/aromatic N) is 3. The van der Waals surface area contributed by atoms with E-state index >= 15 is 0 Å². The van der Waals surface area contributed by atoms with Crippen LogP contribution in [0.5, 0.6) is 0 Å². The zero-order chi connectivity index (χ0) is 19.0. The number of pyridine rings is 1. The minimum atomic E-state index is -2.80. The van der Waals surface area contributed by atoms with Crippen LogP contribution in [0, 0.1) is 6.92 Å². The standard InChI is InChI=1S/C19H16F2N4O2/c1-10-8-13(6-7-22-10)23-18(26)15-5-2-11-9-12(3-4-14(11)15)17-24-19(16(20)21)27-25-17/h3-4,6-9,15-16H,2,5H2,1H3,(H,22,23,26). The first-order chi connectivity index (χ1) is 13.0. The molecule has 3 aromatic rings. The highest BCUT2D eigenvalue weighted by atomic mass is 19.3. The van der Waals surface area contributed by atoms with Gasteiger partial charge in [-0.3, -0.25) is 9.78 Å². The van der Waals surface area contributed by atoms with Crippen LogP contribution in [0.1, 0.15) is 41.5 Å². The minimum absolute atomic E-state index is 0.0772. The maximum Gasteiger partial charge on any atom is 0.315 e. The highest BCUT2D eigenvalue weighted by Gasteiger charge is 2.29. The number of anilines is 1. The van der Waals surface area contributed by atoms with Gasteiger partial charge in [0.25, 0.3) is 5.89 Å². The van der Waals surface area contributed by atoms with Crippen LogP contribution in [0.4, 0.5) is 14.5 Å². The number of amides is 1. The zero-order valence-corrected chi connectivity index (χ0v) is 14.4.